The van der Waals surface area contributed by atoms with Crippen LogP contribution in [-0.4, -0.2) is 37.3 Å². The van der Waals surface area contributed by atoms with E-state index in [-0.39, 0.29) is 5.91 Å². The minimum Gasteiger partial charge on any atom is -0.331 e. The minimum atomic E-state index is 0.150. The quantitative estimate of drug-likeness (QED) is 0.743. The molecule has 2 bridgehead atoms. The molecule has 17 heavy (non-hydrogen) atoms. The first kappa shape index (κ1) is 11.3. The molecule has 0 aromatic carbocycles. The van der Waals surface area contributed by atoms with Crippen molar-refractivity contribution in [3.63, 3.8) is 0 Å². The lowest BCUT2D eigenvalue weighted by molar-refractivity contribution is 0.0593. The lowest BCUT2D eigenvalue weighted by atomic mass is 10.0. The maximum absolute atomic E-state index is 12.5. The Bertz CT molecular complexity index is 431. The fourth-order valence-electron chi connectivity index (χ4n) is 3.14. The van der Waals surface area contributed by atoms with E-state index in [0.717, 1.165) is 25.7 Å². The normalized spacial score (nSPS) is 31.9. The number of halogens is 1. The predicted molar refractivity (Wildman–Crippen MR) is 68.1 cm³/mol. The van der Waals surface area contributed by atoms with Gasteiger partial charge in [-0.3, -0.25) is 4.79 Å². The highest BCUT2D eigenvalue weighted by atomic mass is 79.9. The van der Waals surface area contributed by atoms with Crippen molar-refractivity contribution >= 4 is 21.8 Å². The van der Waals surface area contributed by atoms with Crippen LogP contribution in [0.1, 0.15) is 36.2 Å². The molecule has 2 aliphatic heterocycles. The van der Waals surface area contributed by atoms with Crippen LogP contribution in [0.25, 0.3) is 0 Å². The third-order valence-corrected chi connectivity index (χ3v) is 4.69. The minimum absolute atomic E-state index is 0.150. The number of piperidine rings is 1. The number of imidazole rings is 1. The lowest BCUT2D eigenvalue weighted by Gasteiger charge is -2.37. The van der Waals surface area contributed by atoms with Gasteiger partial charge in [0.05, 0.1) is 12.5 Å². The molecule has 1 amide bonds. The molecule has 0 spiro atoms. The Hall–Kier alpha value is -0.840. The molecule has 3 rings (SSSR count). The van der Waals surface area contributed by atoms with Crippen molar-refractivity contribution in [1.29, 1.82) is 0 Å². The van der Waals surface area contributed by atoms with Gasteiger partial charge in [0.2, 0.25) is 0 Å². The molecule has 2 saturated heterocycles. The topological polar surface area (TPSA) is 38.1 Å². The van der Waals surface area contributed by atoms with Crippen LogP contribution in [0.4, 0.5) is 0 Å². The molecule has 92 valence electrons. The van der Waals surface area contributed by atoms with E-state index in [2.05, 4.69) is 25.8 Å². The SMILES string of the molecule is Cn1cncc1C(=O)N1C2CCC1CC(Br)C2. The van der Waals surface area contributed by atoms with E-state index in [4.69, 9.17) is 0 Å². The van der Waals surface area contributed by atoms with Crippen LogP contribution < -0.4 is 0 Å². The van der Waals surface area contributed by atoms with E-state index in [1.54, 1.807) is 12.5 Å². The first-order chi connectivity index (χ1) is 8.16. The van der Waals surface area contributed by atoms with Crippen LogP contribution in [0.3, 0.4) is 0 Å². The van der Waals surface area contributed by atoms with Gasteiger partial charge in [0, 0.05) is 24.0 Å². The number of hydrogen-bond donors (Lipinski definition) is 0. The zero-order valence-corrected chi connectivity index (χ0v) is 11.4. The molecule has 0 saturated carbocycles. The average Bonchev–Trinajstić information content (AvgIpc) is 2.81. The molecular weight excluding hydrogens is 282 g/mol. The third kappa shape index (κ3) is 1.80. The summed E-state index contributed by atoms with van der Waals surface area (Å²) in [6.45, 7) is 0. The third-order valence-electron chi connectivity index (χ3n) is 3.95. The van der Waals surface area contributed by atoms with Gasteiger partial charge in [-0.05, 0) is 25.7 Å². The Kier molecular flexibility index (Phi) is 2.73. The van der Waals surface area contributed by atoms with Crippen molar-refractivity contribution in [3.05, 3.63) is 18.2 Å². The molecule has 0 aliphatic carbocycles. The van der Waals surface area contributed by atoms with Gasteiger partial charge in [-0.25, -0.2) is 4.98 Å². The number of hydrogen-bond acceptors (Lipinski definition) is 2. The van der Waals surface area contributed by atoms with Crippen LogP contribution in [0, 0.1) is 0 Å². The van der Waals surface area contributed by atoms with Crippen molar-refractivity contribution < 1.29 is 4.79 Å². The highest BCUT2D eigenvalue weighted by Crippen LogP contribution is 2.39. The van der Waals surface area contributed by atoms with Gasteiger partial charge < -0.3 is 9.47 Å². The van der Waals surface area contributed by atoms with Crippen molar-refractivity contribution in [2.24, 2.45) is 7.05 Å². The van der Waals surface area contributed by atoms with Gasteiger partial charge in [0.25, 0.3) is 5.91 Å². The number of carbonyl (C=O) groups is 1. The fraction of sp³-hybridized carbons (Fsp3) is 0.667. The van der Waals surface area contributed by atoms with Crippen LogP contribution in [-0.2, 0) is 7.05 Å². The molecule has 4 nitrogen and oxygen atoms in total. The van der Waals surface area contributed by atoms with Crippen molar-refractivity contribution in [3.8, 4) is 0 Å². The summed E-state index contributed by atoms with van der Waals surface area (Å²) in [7, 11) is 1.87. The van der Waals surface area contributed by atoms with Gasteiger partial charge in [0.1, 0.15) is 5.69 Å². The number of aromatic nitrogens is 2. The van der Waals surface area contributed by atoms with Gasteiger partial charge in [0.15, 0.2) is 0 Å². The first-order valence-electron chi connectivity index (χ1n) is 6.10. The molecule has 2 fully saturated rings. The van der Waals surface area contributed by atoms with Crippen molar-refractivity contribution in [2.75, 3.05) is 0 Å². The van der Waals surface area contributed by atoms with E-state index in [1.165, 1.54) is 0 Å². The highest BCUT2D eigenvalue weighted by Gasteiger charge is 2.43. The monoisotopic (exact) mass is 297 g/mol. The lowest BCUT2D eigenvalue weighted by Crippen LogP contribution is -2.47. The number of nitrogens with zero attached hydrogens (tertiary/aromatic N) is 3. The number of amides is 1. The Morgan fingerprint density at radius 3 is 2.59 bits per heavy atom. The highest BCUT2D eigenvalue weighted by molar-refractivity contribution is 9.09. The molecule has 0 N–H and O–H groups in total. The molecule has 2 unspecified atom stereocenters. The summed E-state index contributed by atoms with van der Waals surface area (Å²) >= 11 is 3.69. The number of rotatable bonds is 1. The van der Waals surface area contributed by atoms with E-state index < -0.39 is 0 Å². The maximum atomic E-state index is 12.5. The summed E-state index contributed by atoms with van der Waals surface area (Å²) in [4.78, 5) is 19.2. The van der Waals surface area contributed by atoms with Gasteiger partial charge in [-0.1, -0.05) is 15.9 Å². The van der Waals surface area contributed by atoms with Crippen molar-refractivity contribution in [2.45, 2.75) is 42.6 Å². The fourth-order valence-corrected chi connectivity index (χ4v) is 4.00. The molecule has 2 atom stereocenters. The second-order valence-electron chi connectivity index (χ2n) is 5.06. The predicted octanol–water partition coefficient (Wildman–Crippen LogP) is 1.95. The van der Waals surface area contributed by atoms with Crippen LogP contribution >= 0.6 is 15.9 Å². The molecule has 5 heteroatoms. The smallest absolute Gasteiger partial charge is 0.272 e. The van der Waals surface area contributed by atoms with Gasteiger partial charge in [-0.2, -0.15) is 0 Å². The standard InChI is InChI=1S/C12H16BrN3O/c1-15-7-14-6-11(15)12(17)16-9-2-3-10(16)5-8(13)4-9/h6-10H,2-5H2,1H3. The second-order valence-corrected chi connectivity index (χ2v) is 6.35. The molecule has 2 aliphatic rings. The van der Waals surface area contributed by atoms with Crippen LogP contribution in [0.15, 0.2) is 12.5 Å². The summed E-state index contributed by atoms with van der Waals surface area (Å²) in [5.41, 5.74) is 0.704. The van der Waals surface area contributed by atoms with E-state index in [1.807, 2.05) is 11.6 Å². The molecule has 0 radical (unpaired) electrons. The Labute approximate surface area is 109 Å². The van der Waals surface area contributed by atoms with Gasteiger partial charge in [-0.15, -0.1) is 0 Å². The molecule has 1 aromatic heterocycles. The van der Waals surface area contributed by atoms with E-state index in [9.17, 15) is 4.79 Å². The largest absolute Gasteiger partial charge is 0.331 e. The summed E-state index contributed by atoms with van der Waals surface area (Å²) < 4.78 is 1.81. The molecule has 1 aromatic rings. The molecular formula is C12H16BrN3O. The second kappa shape index (κ2) is 4.12. The maximum Gasteiger partial charge on any atom is 0.272 e. The first-order valence-corrected chi connectivity index (χ1v) is 7.01. The van der Waals surface area contributed by atoms with Crippen molar-refractivity contribution in [1.82, 2.24) is 14.5 Å². The van der Waals surface area contributed by atoms with Gasteiger partial charge >= 0.3 is 0 Å². The average molecular weight is 298 g/mol. The Balaban J connectivity index is 1.86. The van der Waals surface area contributed by atoms with Crippen LogP contribution in [0.2, 0.25) is 0 Å². The number of fused-ring (bicyclic) bond motifs is 2. The number of aryl methyl sites for hydroxylation is 1. The summed E-state index contributed by atoms with van der Waals surface area (Å²) in [6, 6.07) is 0.834. The summed E-state index contributed by atoms with van der Waals surface area (Å²) in [5, 5.41) is 0. The zero-order valence-electron chi connectivity index (χ0n) is 9.84. The van der Waals surface area contributed by atoms with E-state index >= 15 is 0 Å². The zero-order chi connectivity index (χ0) is 12.0. The summed E-state index contributed by atoms with van der Waals surface area (Å²) in [6.07, 6.45) is 7.82. The summed E-state index contributed by atoms with van der Waals surface area (Å²) in [5.74, 6) is 0.150. The van der Waals surface area contributed by atoms with E-state index in [0.29, 0.717) is 22.6 Å². The van der Waals surface area contributed by atoms with Crippen LogP contribution in [0.5, 0.6) is 0 Å². The molecule has 3 heterocycles. The Morgan fingerprint density at radius 2 is 2.06 bits per heavy atom. The number of alkyl halides is 1. The number of carbonyl (C=O) groups excluding carboxylic acids is 1. The Morgan fingerprint density at radius 1 is 1.41 bits per heavy atom.